The van der Waals surface area contributed by atoms with Gasteiger partial charge in [-0.25, -0.2) is 9.98 Å². The van der Waals surface area contributed by atoms with Crippen LogP contribution in [0, 0.1) is 6.92 Å². The van der Waals surface area contributed by atoms with E-state index < -0.39 is 0 Å². The summed E-state index contributed by atoms with van der Waals surface area (Å²) in [4.78, 5) is 11.5. The number of hydrogen-bond acceptors (Lipinski definition) is 3. The SMILES string of the molecule is Cc1ccc(CN=C(N)NC(C)(C)C)c(N2CCCC2)n1.I. The molecule has 1 aromatic heterocycles. The largest absolute Gasteiger partial charge is 0.370 e. The quantitative estimate of drug-likeness (QED) is 0.451. The van der Waals surface area contributed by atoms with E-state index in [4.69, 9.17) is 10.7 Å². The number of pyridine rings is 1. The Morgan fingerprint density at radius 3 is 2.55 bits per heavy atom. The molecule has 3 N–H and O–H groups in total. The molecule has 0 bridgehead atoms. The topological polar surface area (TPSA) is 66.5 Å². The molecule has 0 aromatic carbocycles. The second-order valence-electron chi connectivity index (χ2n) is 6.71. The van der Waals surface area contributed by atoms with Gasteiger partial charge in [0.2, 0.25) is 0 Å². The molecule has 5 nitrogen and oxygen atoms in total. The molecule has 0 atom stereocenters. The highest BCUT2D eigenvalue weighted by Gasteiger charge is 2.17. The third-order valence-electron chi connectivity index (χ3n) is 3.42. The van der Waals surface area contributed by atoms with Crippen LogP contribution in [0.2, 0.25) is 0 Å². The number of aromatic nitrogens is 1. The Morgan fingerprint density at radius 2 is 1.95 bits per heavy atom. The van der Waals surface area contributed by atoms with Crippen LogP contribution in [-0.4, -0.2) is 29.6 Å². The number of guanidine groups is 1. The molecule has 1 aromatic rings. The van der Waals surface area contributed by atoms with E-state index in [0.29, 0.717) is 12.5 Å². The lowest BCUT2D eigenvalue weighted by Gasteiger charge is -2.22. The normalized spacial score (nSPS) is 15.6. The second-order valence-corrected chi connectivity index (χ2v) is 6.71. The molecular formula is C16H28IN5. The summed E-state index contributed by atoms with van der Waals surface area (Å²) in [5.74, 6) is 1.55. The fourth-order valence-corrected chi connectivity index (χ4v) is 2.49. The number of aryl methyl sites for hydroxylation is 1. The molecule has 1 saturated heterocycles. The van der Waals surface area contributed by atoms with E-state index in [1.165, 1.54) is 12.8 Å². The van der Waals surface area contributed by atoms with Gasteiger partial charge in [-0.1, -0.05) is 6.07 Å². The van der Waals surface area contributed by atoms with Gasteiger partial charge in [-0.3, -0.25) is 0 Å². The maximum atomic E-state index is 5.95. The monoisotopic (exact) mass is 417 g/mol. The van der Waals surface area contributed by atoms with Crippen molar-refractivity contribution in [3.8, 4) is 0 Å². The molecule has 1 fully saturated rings. The first-order valence-electron chi connectivity index (χ1n) is 7.65. The van der Waals surface area contributed by atoms with E-state index >= 15 is 0 Å². The molecule has 2 rings (SSSR count). The number of nitrogens with zero attached hydrogens (tertiary/aromatic N) is 3. The second kappa shape index (κ2) is 7.99. The van der Waals surface area contributed by atoms with Crippen molar-refractivity contribution in [1.29, 1.82) is 0 Å². The van der Waals surface area contributed by atoms with Crippen LogP contribution in [-0.2, 0) is 6.54 Å². The lowest BCUT2D eigenvalue weighted by atomic mass is 10.1. The molecule has 0 radical (unpaired) electrons. The van der Waals surface area contributed by atoms with Crippen LogP contribution < -0.4 is 16.0 Å². The number of halogens is 1. The van der Waals surface area contributed by atoms with E-state index in [1.807, 2.05) is 13.0 Å². The summed E-state index contributed by atoms with van der Waals surface area (Å²) >= 11 is 0. The summed E-state index contributed by atoms with van der Waals surface area (Å²) in [7, 11) is 0. The summed E-state index contributed by atoms with van der Waals surface area (Å²) in [5.41, 5.74) is 8.06. The molecule has 124 valence electrons. The van der Waals surface area contributed by atoms with Crippen molar-refractivity contribution in [3.63, 3.8) is 0 Å². The number of nitrogens with two attached hydrogens (primary N) is 1. The number of nitrogens with one attached hydrogen (secondary N) is 1. The Labute approximate surface area is 150 Å². The van der Waals surface area contributed by atoms with Crippen LogP contribution in [0.25, 0.3) is 0 Å². The van der Waals surface area contributed by atoms with Gasteiger partial charge in [-0.05, 0) is 46.6 Å². The maximum absolute atomic E-state index is 5.95. The third-order valence-corrected chi connectivity index (χ3v) is 3.42. The Kier molecular flexibility index (Phi) is 6.90. The van der Waals surface area contributed by atoms with E-state index in [2.05, 4.69) is 42.0 Å². The van der Waals surface area contributed by atoms with Gasteiger partial charge in [0.25, 0.3) is 0 Å². The molecule has 0 spiro atoms. The smallest absolute Gasteiger partial charge is 0.189 e. The summed E-state index contributed by atoms with van der Waals surface area (Å²) in [6.07, 6.45) is 2.48. The van der Waals surface area contributed by atoms with Gasteiger partial charge in [0, 0.05) is 29.9 Å². The van der Waals surface area contributed by atoms with Crippen LogP contribution in [0.15, 0.2) is 17.1 Å². The van der Waals surface area contributed by atoms with Crippen molar-refractivity contribution < 1.29 is 0 Å². The van der Waals surface area contributed by atoms with Crippen molar-refractivity contribution in [3.05, 3.63) is 23.4 Å². The van der Waals surface area contributed by atoms with E-state index in [-0.39, 0.29) is 29.5 Å². The van der Waals surface area contributed by atoms with Gasteiger partial charge < -0.3 is 16.0 Å². The number of hydrogen-bond donors (Lipinski definition) is 2. The molecule has 0 unspecified atom stereocenters. The number of rotatable bonds is 3. The minimum atomic E-state index is -0.0725. The van der Waals surface area contributed by atoms with Crippen molar-refractivity contribution in [2.75, 3.05) is 18.0 Å². The van der Waals surface area contributed by atoms with Crippen LogP contribution >= 0.6 is 24.0 Å². The average molecular weight is 417 g/mol. The predicted octanol–water partition coefficient (Wildman–Crippen LogP) is 2.81. The summed E-state index contributed by atoms with van der Waals surface area (Å²) in [5, 5.41) is 3.18. The lowest BCUT2D eigenvalue weighted by molar-refractivity contribution is 0.508. The van der Waals surface area contributed by atoms with Crippen molar-refractivity contribution in [2.24, 2.45) is 10.7 Å². The van der Waals surface area contributed by atoms with Crippen LogP contribution in [0.3, 0.4) is 0 Å². The zero-order valence-electron chi connectivity index (χ0n) is 14.0. The summed E-state index contributed by atoms with van der Waals surface area (Å²) < 4.78 is 0. The van der Waals surface area contributed by atoms with Crippen LogP contribution in [0.4, 0.5) is 5.82 Å². The molecule has 22 heavy (non-hydrogen) atoms. The number of aliphatic imine (C=N–C) groups is 1. The maximum Gasteiger partial charge on any atom is 0.189 e. The van der Waals surface area contributed by atoms with Gasteiger partial charge >= 0.3 is 0 Å². The Hall–Kier alpha value is -1.05. The number of anilines is 1. The molecule has 1 aliphatic rings. The fourth-order valence-electron chi connectivity index (χ4n) is 2.49. The summed E-state index contributed by atoms with van der Waals surface area (Å²) in [6, 6.07) is 4.15. The van der Waals surface area contributed by atoms with Crippen molar-refractivity contribution in [1.82, 2.24) is 10.3 Å². The Bertz CT molecular complexity index is 516. The Balaban J connectivity index is 0.00000242. The van der Waals surface area contributed by atoms with E-state index in [9.17, 15) is 0 Å². The molecule has 0 saturated carbocycles. The lowest BCUT2D eigenvalue weighted by Crippen LogP contribution is -2.45. The van der Waals surface area contributed by atoms with Gasteiger partial charge in [-0.15, -0.1) is 24.0 Å². The van der Waals surface area contributed by atoms with Gasteiger partial charge in [0.05, 0.1) is 6.54 Å². The van der Waals surface area contributed by atoms with Crippen molar-refractivity contribution >= 4 is 35.8 Å². The van der Waals surface area contributed by atoms with Crippen molar-refractivity contribution in [2.45, 2.75) is 52.6 Å². The Morgan fingerprint density at radius 1 is 1.32 bits per heavy atom. The minimum Gasteiger partial charge on any atom is -0.370 e. The highest BCUT2D eigenvalue weighted by atomic mass is 127. The molecular weight excluding hydrogens is 389 g/mol. The predicted molar refractivity (Wildman–Crippen MR) is 104 cm³/mol. The van der Waals surface area contributed by atoms with Gasteiger partial charge in [0.1, 0.15) is 5.82 Å². The average Bonchev–Trinajstić information content (AvgIpc) is 2.88. The highest BCUT2D eigenvalue weighted by molar-refractivity contribution is 14.0. The zero-order valence-corrected chi connectivity index (χ0v) is 16.3. The first-order chi connectivity index (χ1) is 9.85. The zero-order chi connectivity index (χ0) is 15.5. The van der Waals surface area contributed by atoms with Crippen LogP contribution in [0.5, 0.6) is 0 Å². The molecule has 0 amide bonds. The van der Waals surface area contributed by atoms with Gasteiger partial charge in [-0.2, -0.15) is 0 Å². The first-order valence-corrected chi connectivity index (χ1v) is 7.65. The molecule has 6 heteroatoms. The third kappa shape index (κ3) is 5.62. The molecule has 2 heterocycles. The molecule has 1 aliphatic heterocycles. The van der Waals surface area contributed by atoms with Gasteiger partial charge in [0.15, 0.2) is 5.96 Å². The van der Waals surface area contributed by atoms with Crippen LogP contribution in [0.1, 0.15) is 44.9 Å². The summed E-state index contributed by atoms with van der Waals surface area (Å²) in [6.45, 7) is 11.0. The fraction of sp³-hybridized carbons (Fsp3) is 0.625. The molecule has 0 aliphatic carbocycles. The minimum absolute atomic E-state index is 0. The highest BCUT2D eigenvalue weighted by Crippen LogP contribution is 2.23. The van der Waals surface area contributed by atoms with E-state index in [1.54, 1.807) is 0 Å². The first kappa shape index (κ1) is 19.0. The van der Waals surface area contributed by atoms with E-state index in [0.717, 1.165) is 30.2 Å². The standard InChI is InChI=1S/C16H27N5.HI/c1-12-7-8-13(11-18-15(17)20-16(2,3)4)14(19-12)21-9-5-6-10-21;/h7-8H,5-6,9-11H2,1-4H3,(H3,17,18,20);1H.